The molecule has 3 rings (SSSR count). The number of hydrogen-bond donors (Lipinski definition) is 3. The van der Waals surface area contributed by atoms with Crippen molar-refractivity contribution in [3.8, 4) is 0 Å². The van der Waals surface area contributed by atoms with Crippen LogP contribution >= 0.6 is 0 Å². The first-order chi connectivity index (χ1) is 14.9. The lowest BCUT2D eigenvalue weighted by atomic mass is 9.82. The molecule has 1 aliphatic carbocycles. The van der Waals surface area contributed by atoms with Crippen molar-refractivity contribution in [2.75, 3.05) is 13.1 Å². The fourth-order valence-electron chi connectivity index (χ4n) is 5.05. The quantitative estimate of drug-likeness (QED) is 0.596. The van der Waals surface area contributed by atoms with Gasteiger partial charge in [0.15, 0.2) is 0 Å². The Morgan fingerprint density at radius 3 is 2.26 bits per heavy atom. The van der Waals surface area contributed by atoms with Gasteiger partial charge in [-0.15, -0.1) is 0 Å². The van der Waals surface area contributed by atoms with Gasteiger partial charge in [0.1, 0.15) is 12.6 Å². The van der Waals surface area contributed by atoms with Gasteiger partial charge < -0.3 is 15.5 Å². The number of rotatable bonds is 8. The van der Waals surface area contributed by atoms with Gasteiger partial charge in [0.05, 0.1) is 13.1 Å². The Kier molecular flexibility index (Phi) is 8.94. The van der Waals surface area contributed by atoms with E-state index >= 15 is 0 Å². The van der Waals surface area contributed by atoms with Crippen molar-refractivity contribution in [2.45, 2.75) is 84.3 Å². The number of nitrogens with one attached hydrogen (secondary N) is 3. The molecule has 0 spiro atoms. The third-order valence-corrected chi connectivity index (χ3v) is 7.06. The predicted octanol–water partition coefficient (Wildman–Crippen LogP) is 2.71. The van der Waals surface area contributed by atoms with Gasteiger partial charge in [0.2, 0.25) is 11.8 Å². The number of amides is 2. The summed E-state index contributed by atoms with van der Waals surface area (Å²) in [4.78, 5) is 27.5. The van der Waals surface area contributed by atoms with Gasteiger partial charge >= 0.3 is 0 Å². The Morgan fingerprint density at radius 2 is 1.65 bits per heavy atom. The molecule has 1 unspecified atom stereocenters. The zero-order chi connectivity index (χ0) is 22.2. The molecular weight excluding hydrogens is 386 g/mol. The molecule has 1 saturated carbocycles. The second kappa shape index (κ2) is 11.7. The van der Waals surface area contributed by atoms with Crippen LogP contribution in [0.25, 0.3) is 0 Å². The number of likely N-dealkylation sites (tertiary alicyclic amines) is 1. The van der Waals surface area contributed by atoms with Crippen LogP contribution in [0.4, 0.5) is 0 Å². The van der Waals surface area contributed by atoms with E-state index in [2.05, 4.69) is 61.7 Å². The molecule has 1 aromatic rings. The van der Waals surface area contributed by atoms with Crippen LogP contribution < -0.4 is 15.5 Å². The normalized spacial score (nSPS) is 27.5. The van der Waals surface area contributed by atoms with Crippen LogP contribution in [0, 0.1) is 17.8 Å². The summed E-state index contributed by atoms with van der Waals surface area (Å²) in [7, 11) is 0. The Labute approximate surface area is 188 Å². The summed E-state index contributed by atoms with van der Waals surface area (Å²) < 4.78 is 0. The average Bonchev–Trinajstić information content (AvgIpc) is 2.75. The smallest absolute Gasteiger partial charge is 0.242 e. The van der Waals surface area contributed by atoms with Gasteiger partial charge in [-0.2, -0.15) is 0 Å². The van der Waals surface area contributed by atoms with Crippen molar-refractivity contribution in [1.82, 2.24) is 10.6 Å². The maximum absolute atomic E-state index is 13.1. The Hall–Kier alpha value is -1.88. The van der Waals surface area contributed by atoms with E-state index in [-0.39, 0.29) is 23.8 Å². The second-order valence-corrected chi connectivity index (χ2v) is 10.3. The van der Waals surface area contributed by atoms with Crippen molar-refractivity contribution in [2.24, 2.45) is 17.8 Å². The maximum atomic E-state index is 13.1. The van der Waals surface area contributed by atoms with Gasteiger partial charge in [0.25, 0.3) is 0 Å². The molecule has 5 nitrogen and oxygen atoms in total. The zero-order valence-electron chi connectivity index (χ0n) is 19.7. The Balaban J connectivity index is 1.47. The minimum absolute atomic E-state index is 0.00253. The largest absolute Gasteiger partial charge is 0.351 e. The fourth-order valence-corrected chi connectivity index (χ4v) is 5.05. The molecule has 1 aliphatic heterocycles. The first kappa shape index (κ1) is 23.8. The van der Waals surface area contributed by atoms with Crippen LogP contribution in [-0.4, -0.2) is 37.0 Å². The number of quaternary nitrogens is 1. The van der Waals surface area contributed by atoms with Crippen LogP contribution in [0.1, 0.15) is 71.3 Å². The summed E-state index contributed by atoms with van der Waals surface area (Å²) in [5.74, 6) is 1.23. The molecule has 1 saturated heterocycles. The van der Waals surface area contributed by atoms with E-state index in [4.69, 9.17) is 0 Å². The molecule has 0 aromatic heterocycles. The summed E-state index contributed by atoms with van der Waals surface area (Å²) in [6, 6.07) is 10.4. The molecule has 1 aromatic carbocycles. The van der Waals surface area contributed by atoms with Crippen LogP contribution in [0.3, 0.4) is 0 Å². The third kappa shape index (κ3) is 7.64. The van der Waals surface area contributed by atoms with Gasteiger partial charge in [-0.05, 0) is 43.9 Å². The second-order valence-electron chi connectivity index (χ2n) is 10.3. The van der Waals surface area contributed by atoms with E-state index in [1.165, 1.54) is 5.56 Å². The van der Waals surface area contributed by atoms with Crippen molar-refractivity contribution >= 4 is 11.8 Å². The van der Waals surface area contributed by atoms with Crippen LogP contribution in [0.2, 0.25) is 0 Å². The highest BCUT2D eigenvalue weighted by Crippen LogP contribution is 2.28. The fraction of sp³-hybridized carbons (Fsp3) is 0.692. The molecule has 5 heteroatoms. The van der Waals surface area contributed by atoms with Crippen molar-refractivity contribution in [3.05, 3.63) is 35.9 Å². The number of piperidine rings is 1. The molecule has 31 heavy (non-hydrogen) atoms. The predicted molar refractivity (Wildman–Crippen MR) is 125 cm³/mol. The summed E-state index contributed by atoms with van der Waals surface area (Å²) >= 11 is 0. The van der Waals surface area contributed by atoms with Gasteiger partial charge in [-0.1, -0.05) is 51.1 Å². The zero-order valence-corrected chi connectivity index (χ0v) is 19.7. The van der Waals surface area contributed by atoms with Crippen LogP contribution in [-0.2, 0) is 16.1 Å². The topological polar surface area (TPSA) is 62.6 Å². The first-order valence-corrected chi connectivity index (χ1v) is 12.4. The van der Waals surface area contributed by atoms with Gasteiger partial charge in [0, 0.05) is 30.4 Å². The summed E-state index contributed by atoms with van der Waals surface area (Å²) in [5.41, 5.74) is 1.37. The first-order valence-electron chi connectivity index (χ1n) is 12.4. The van der Waals surface area contributed by atoms with E-state index in [1.807, 2.05) is 0 Å². The lowest BCUT2D eigenvalue weighted by Crippen LogP contribution is -3.12. The molecular formula is C26H42N3O2+. The highest BCUT2D eigenvalue weighted by atomic mass is 16.2. The van der Waals surface area contributed by atoms with E-state index < -0.39 is 6.04 Å². The molecule has 172 valence electrons. The monoisotopic (exact) mass is 428 g/mol. The van der Waals surface area contributed by atoms with E-state index in [1.54, 1.807) is 4.90 Å². The SMILES string of the molecule is CC(C)CC(NC(=O)C1CCC(C)CC1)C(=O)NC1CC[NH+](Cc2ccccc2)CC1. The van der Waals surface area contributed by atoms with Crippen molar-refractivity contribution in [3.63, 3.8) is 0 Å². The van der Waals surface area contributed by atoms with Crippen molar-refractivity contribution in [1.29, 1.82) is 0 Å². The number of carbonyl (C=O) groups is 2. The number of benzene rings is 1. The maximum Gasteiger partial charge on any atom is 0.242 e. The minimum Gasteiger partial charge on any atom is -0.351 e. The average molecular weight is 429 g/mol. The van der Waals surface area contributed by atoms with Crippen LogP contribution in [0.15, 0.2) is 30.3 Å². The lowest BCUT2D eigenvalue weighted by Gasteiger charge is -2.32. The van der Waals surface area contributed by atoms with Gasteiger partial charge in [-0.25, -0.2) is 0 Å². The molecule has 1 atom stereocenters. The Morgan fingerprint density at radius 1 is 1.00 bits per heavy atom. The van der Waals surface area contributed by atoms with Gasteiger partial charge in [-0.3, -0.25) is 9.59 Å². The lowest BCUT2D eigenvalue weighted by molar-refractivity contribution is -0.918. The number of carbonyl (C=O) groups excluding carboxylic acids is 2. The third-order valence-electron chi connectivity index (χ3n) is 7.06. The van der Waals surface area contributed by atoms with E-state index in [9.17, 15) is 9.59 Å². The molecule has 2 amide bonds. The van der Waals surface area contributed by atoms with E-state index in [0.29, 0.717) is 18.3 Å². The number of hydrogen-bond acceptors (Lipinski definition) is 2. The molecule has 0 radical (unpaired) electrons. The highest BCUT2D eigenvalue weighted by Gasteiger charge is 2.31. The van der Waals surface area contributed by atoms with Crippen molar-refractivity contribution < 1.29 is 14.5 Å². The molecule has 2 aliphatic rings. The van der Waals surface area contributed by atoms with Crippen LogP contribution in [0.5, 0.6) is 0 Å². The van der Waals surface area contributed by atoms with E-state index in [0.717, 1.165) is 58.2 Å². The standard InChI is InChI=1S/C26H41N3O2/c1-19(2)17-24(28-25(30)22-11-9-20(3)10-12-22)26(31)27-23-13-15-29(16-14-23)18-21-7-5-4-6-8-21/h4-8,19-20,22-24H,9-18H2,1-3H3,(H,27,31)(H,28,30)/p+1. The Bertz CT molecular complexity index is 690. The summed E-state index contributed by atoms with van der Waals surface area (Å²) in [6.07, 6.45) is 6.82. The highest BCUT2D eigenvalue weighted by molar-refractivity contribution is 5.88. The molecule has 1 heterocycles. The molecule has 2 fully saturated rings. The molecule has 3 N–H and O–H groups in total. The molecule has 0 bridgehead atoms. The summed E-state index contributed by atoms with van der Waals surface area (Å²) in [5, 5.41) is 6.36. The summed E-state index contributed by atoms with van der Waals surface area (Å²) in [6.45, 7) is 9.67. The minimum atomic E-state index is -0.415.